The fraction of sp³-hybridized carbons (Fsp3) is 0.0769. The summed E-state index contributed by atoms with van der Waals surface area (Å²) in [4.78, 5) is 1.52. The van der Waals surface area contributed by atoms with Crippen molar-refractivity contribution >= 4 is 17.1 Å². The molecule has 0 amide bonds. The second-order valence-corrected chi connectivity index (χ2v) is 3.69. The fourth-order valence-electron chi connectivity index (χ4n) is 1.68. The van der Waals surface area contributed by atoms with Gasteiger partial charge in [0, 0.05) is 12.7 Å². The van der Waals surface area contributed by atoms with Gasteiger partial charge in [0.25, 0.3) is 0 Å². The van der Waals surface area contributed by atoms with Gasteiger partial charge in [-0.1, -0.05) is 18.2 Å². The summed E-state index contributed by atoms with van der Waals surface area (Å²) >= 11 is 0. The van der Waals surface area contributed by atoms with Crippen LogP contribution >= 0.6 is 0 Å². The minimum Gasteiger partial charge on any atom is -0.397 e. The van der Waals surface area contributed by atoms with Crippen LogP contribution in [0.25, 0.3) is 0 Å². The Morgan fingerprint density at radius 1 is 1.00 bits per heavy atom. The van der Waals surface area contributed by atoms with Crippen LogP contribution in [0.3, 0.4) is 0 Å². The van der Waals surface area contributed by atoms with Crippen molar-refractivity contribution in [2.75, 3.05) is 17.7 Å². The Labute approximate surface area is 98.3 Å². The summed E-state index contributed by atoms with van der Waals surface area (Å²) in [6, 6.07) is 11.5. The third-order valence-electron chi connectivity index (χ3n) is 2.58. The van der Waals surface area contributed by atoms with Crippen molar-refractivity contribution in [1.82, 2.24) is 0 Å². The van der Waals surface area contributed by atoms with E-state index in [1.807, 2.05) is 18.2 Å². The Kier molecular flexibility index (Phi) is 2.95. The number of nitrogens with zero attached hydrogens (tertiary/aromatic N) is 1. The van der Waals surface area contributed by atoms with E-state index in [9.17, 15) is 8.78 Å². The molecule has 0 saturated carbocycles. The third-order valence-corrected chi connectivity index (χ3v) is 2.58. The van der Waals surface area contributed by atoms with Gasteiger partial charge < -0.3 is 10.6 Å². The number of hydrogen-bond acceptors (Lipinski definition) is 2. The Hall–Kier alpha value is -2.10. The van der Waals surface area contributed by atoms with Crippen molar-refractivity contribution in [3.8, 4) is 0 Å². The van der Waals surface area contributed by atoms with Crippen LogP contribution in [0, 0.1) is 11.6 Å². The molecule has 2 nitrogen and oxygen atoms in total. The Morgan fingerprint density at radius 2 is 1.65 bits per heavy atom. The van der Waals surface area contributed by atoms with Crippen molar-refractivity contribution in [2.45, 2.75) is 0 Å². The largest absolute Gasteiger partial charge is 0.397 e. The van der Waals surface area contributed by atoms with Gasteiger partial charge in [-0.15, -0.1) is 0 Å². The maximum atomic E-state index is 13.7. The van der Waals surface area contributed by atoms with E-state index in [2.05, 4.69) is 0 Å². The molecular formula is C13H12F2N2. The van der Waals surface area contributed by atoms with E-state index >= 15 is 0 Å². The maximum Gasteiger partial charge on any atom is 0.184 e. The zero-order chi connectivity index (χ0) is 12.4. The molecule has 0 radical (unpaired) electrons. The molecule has 4 heteroatoms. The van der Waals surface area contributed by atoms with E-state index in [-0.39, 0.29) is 11.4 Å². The first kappa shape index (κ1) is 11.4. The number of nitrogen functional groups attached to an aromatic ring is 1. The summed E-state index contributed by atoms with van der Waals surface area (Å²) in [5, 5.41) is 0. The summed E-state index contributed by atoms with van der Waals surface area (Å²) in [7, 11) is 1.64. The summed E-state index contributed by atoms with van der Waals surface area (Å²) in [5.41, 5.74) is 6.68. The number of nitrogens with two attached hydrogens (primary N) is 1. The molecule has 2 aromatic carbocycles. The van der Waals surface area contributed by atoms with Crippen LogP contribution in [0.1, 0.15) is 0 Å². The molecule has 0 saturated heterocycles. The topological polar surface area (TPSA) is 29.3 Å². The molecule has 2 N–H and O–H groups in total. The molecule has 0 fully saturated rings. The van der Waals surface area contributed by atoms with Gasteiger partial charge in [0.05, 0.1) is 5.69 Å². The minimum atomic E-state index is -0.934. The van der Waals surface area contributed by atoms with Gasteiger partial charge in [-0.2, -0.15) is 0 Å². The standard InChI is InChI=1S/C13H12F2N2/c1-17(9-5-3-2-4-6-9)13-11(16)8-7-10(14)12(13)15/h2-8H,16H2,1H3. The highest BCUT2D eigenvalue weighted by Crippen LogP contribution is 2.32. The monoisotopic (exact) mass is 234 g/mol. The second kappa shape index (κ2) is 4.41. The summed E-state index contributed by atoms with van der Waals surface area (Å²) < 4.78 is 26.9. The molecule has 2 aromatic rings. The molecule has 0 spiro atoms. The average molecular weight is 234 g/mol. The minimum absolute atomic E-state index is 0.0520. The zero-order valence-electron chi connectivity index (χ0n) is 9.32. The van der Waals surface area contributed by atoms with Crippen LogP contribution in [-0.4, -0.2) is 7.05 Å². The molecule has 17 heavy (non-hydrogen) atoms. The highest BCUT2D eigenvalue weighted by Gasteiger charge is 2.16. The predicted molar refractivity (Wildman–Crippen MR) is 65.3 cm³/mol. The fourth-order valence-corrected chi connectivity index (χ4v) is 1.68. The van der Waals surface area contributed by atoms with Gasteiger partial charge in [-0.05, 0) is 24.3 Å². The molecule has 0 atom stereocenters. The first-order chi connectivity index (χ1) is 8.11. The smallest absolute Gasteiger partial charge is 0.184 e. The van der Waals surface area contributed by atoms with E-state index in [0.717, 1.165) is 11.8 Å². The molecule has 0 bridgehead atoms. The lowest BCUT2D eigenvalue weighted by Gasteiger charge is -2.21. The molecule has 0 aliphatic carbocycles. The number of benzene rings is 2. The number of para-hydroxylation sites is 1. The number of rotatable bonds is 2. The van der Waals surface area contributed by atoms with E-state index < -0.39 is 11.6 Å². The van der Waals surface area contributed by atoms with Gasteiger partial charge in [-0.25, -0.2) is 8.78 Å². The molecular weight excluding hydrogens is 222 g/mol. The molecule has 2 rings (SSSR count). The second-order valence-electron chi connectivity index (χ2n) is 3.69. The van der Waals surface area contributed by atoms with E-state index in [1.54, 1.807) is 19.2 Å². The first-order valence-electron chi connectivity index (χ1n) is 5.13. The number of hydrogen-bond donors (Lipinski definition) is 1. The van der Waals surface area contributed by atoms with Gasteiger partial charge >= 0.3 is 0 Å². The van der Waals surface area contributed by atoms with Crippen molar-refractivity contribution in [1.29, 1.82) is 0 Å². The van der Waals surface area contributed by atoms with Crippen LogP contribution in [-0.2, 0) is 0 Å². The van der Waals surface area contributed by atoms with Gasteiger partial charge in [0.2, 0.25) is 0 Å². The summed E-state index contributed by atoms with van der Waals surface area (Å²) in [5.74, 6) is -1.84. The van der Waals surface area contributed by atoms with Crippen molar-refractivity contribution in [3.05, 3.63) is 54.1 Å². The molecule has 0 unspecified atom stereocenters. The highest BCUT2D eigenvalue weighted by molar-refractivity contribution is 5.74. The Balaban J connectivity index is 2.51. The Bertz CT molecular complexity index is 526. The number of halogens is 2. The van der Waals surface area contributed by atoms with Gasteiger partial charge in [0.15, 0.2) is 11.6 Å². The Morgan fingerprint density at radius 3 is 2.29 bits per heavy atom. The molecule has 0 aliphatic rings. The van der Waals surface area contributed by atoms with Crippen molar-refractivity contribution in [2.24, 2.45) is 0 Å². The highest BCUT2D eigenvalue weighted by atomic mass is 19.2. The van der Waals surface area contributed by atoms with E-state index in [4.69, 9.17) is 5.73 Å². The predicted octanol–water partition coefficient (Wildman–Crippen LogP) is 3.31. The van der Waals surface area contributed by atoms with Crippen molar-refractivity contribution in [3.63, 3.8) is 0 Å². The lowest BCUT2D eigenvalue weighted by molar-refractivity contribution is 0.510. The average Bonchev–Trinajstić information content (AvgIpc) is 2.35. The van der Waals surface area contributed by atoms with Crippen LogP contribution in [0.4, 0.5) is 25.8 Å². The van der Waals surface area contributed by atoms with E-state index in [0.29, 0.717) is 0 Å². The van der Waals surface area contributed by atoms with Crippen LogP contribution in [0.5, 0.6) is 0 Å². The lowest BCUT2D eigenvalue weighted by atomic mass is 10.2. The number of anilines is 3. The summed E-state index contributed by atoms with van der Waals surface area (Å²) in [6.45, 7) is 0. The third kappa shape index (κ3) is 2.06. The first-order valence-corrected chi connectivity index (χ1v) is 5.13. The normalized spacial score (nSPS) is 10.3. The zero-order valence-corrected chi connectivity index (χ0v) is 9.32. The molecule has 0 aromatic heterocycles. The SMILES string of the molecule is CN(c1ccccc1)c1c(N)ccc(F)c1F. The molecule has 0 heterocycles. The summed E-state index contributed by atoms with van der Waals surface area (Å²) in [6.07, 6.45) is 0. The van der Waals surface area contributed by atoms with Gasteiger partial charge in [0.1, 0.15) is 5.69 Å². The van der Waals surface area contributed by atoms with Gasteiger partial charge in [-0.3, -0.25) is 0 Å². The molecule has 88 valence electrons. The van der Waals surface area contributed by atoms with Crippen LogP contribution in [0.2, 0.25) is 0 Å². The van der Waals surface area contributed by atoms with E-state index in [1.165, 1.54) is 11.0 Å². The molecule has 0 aliphatic heterocycles. The lowest BCUT2D eigenvalue weighted by Crippen LogP contribution is -2.14. The quantitative estimate of drug-likeness (QED) is 0.808. The van der Waals surface area contributed by atoms with Crippen molar-refractivity contribution < 1.29 is 8.78 Å². The maximum absolute atomic E-state index is 13.7. The van der Waals surface area contributed by atoms with Crippen LogP contribution in [0.15, 0.2) is 42.5 Å². The van der Waals surface area contributed by atoms with Crippen LogP contribution < -0.4 is 10.6 Å².